The molecule has 0 saturated heterocycles. The van der Waals surface area contributed by atoms with Gasteiger partial charge in [-0.15, -0.1) is 0 Å². The van der Waals surface area contributed by atoms with Gasteiger partial charge in [0.05, 0.1) is 56.2 Å². The van der Waals surface area contributed by atoms with Crippen molar-refractivity contribution in [1.29, 1.82) is 0 Å². The lowest BCUT2D eigenvalue weighted by Crippen LogP contribution is -2.61. The molecule has 9 heteroatoms. The van der Waals surface area contributed by atoms with E-state index in [2.05, 4.69) is 466 Å². The number of hydrogen-bond acceptors (Lipinski definition) is 6. The third-order valence-corrected chi connectivity index (χ3v) is 27.0. The SMILES string of the molecule is CC(C)(C)c1cc(-c2cccc(C(C)(C)C)n2)c(N2c3cc(-n4c5ccc(C(C)(C)C)cc5c5cc(C(C)(C)C)ccc54)ccc3B3c4ccc(-n5c6ccc(C(C)(C)C)cc6c6cc(C(C)(C)C)ccc65)cc4N(c4c(-c5cccc(C(C)(C)C)n5)cc(C(C)(C)C)cc4-c4cccc(C(C)(C)C)n4)c4cc(C(C)(C)C)cc2c43)c(-c2cccc(C(C)(C)C)n2)c1. The highest BCUT2D eigenvalue weighted by atomic mass is 15.2. The van der Waals surface area contributed by atoms with Gasteiger partial charge >= 0.3 is 0 Å². The van der Waals surface area contributed by atoms with E-state index in [1.54, 1.807) is 0 Å². The fraction of sp³-hybridized carbons (Fsp3) is 0.373. The second kappa shape index (κ2) is 29.7. The van der Waals surface area contributed by atoms with Gasteiger partial charge < -0.3 is 18.9 Å². The van der Waals surface area contributed by atoms with E-state index < -0.39 is 5.41 Å². The zero-order valence-electron chi connectivity index (χ0n) is 82.4. The Balaban J connectivity index is 1.11. The standard InChI is InChI=1S/C118H135BN8/c1-108(2,3)70-46-54-93-79(58-70)80-59-71(109(4,5)6)47-55-94(80)124(93)77-50-52-87-97(68-77)126(106-83(89-38-34-42-101(120-89)115(22,23)24)62-74(112(13,14)15)63-84(106)90-39-35-43-102(121-90)116(25,26)27)99-66-76(114(19,20)21)67-100-105(99)119(87)88-53-51-78(125-95-56-48-72(110(7,8)9)60-81(95)82-61-73(111(10,11)12)49-57-96(82)125)69-98(88)127(100)107-85(91-40-36-44-103(122-91)117(28,29)30)64-75(113(16,17)18)65-86(107)92-41-37-45-104(123-92)118(31,32)33/h34-69H,1-33H3. The second-order valence-electron chi connectivity index (χ2n) is 48.3. The molecular formula is C118H135BN8. The Morgan fingerprint density at radius 2 is 0.449 bits per heavy atom. The van der Waals surface area contributed by atoms with Crippen LogP contribution in [-0.2, 0) is 59.6 Å². The first-order chi connectivity index (χ1) is 58.9. The number of pyridine rings is 4. The molecule has 2 aliphatic rings. The summed E-state index contributed by atoms with van der Waals surface area (Å²) in [6.45, 7) is 76.5. The lowest BCUT2D eigenvalue weighted by Gasteiger charge is -2.46. The highest BCUT2D eigenvalue weighted by molar-refractivity contribution is 7.00. The average Bonchev–Trinajstić information content (AvgIpc) is 0.901. The Morgan fingerprint density at radius 1 is 0.213 bits per heavy atom. The molecule has 8 heterocycles. The van der Waals surface area contributed by atoms with Gasteiger partial charge in [-0.25, -0.2) is 0 Å². The fourth-order valence-corrected chi connectivity index (χ4v) is 19.0. The number of hydrogen-bond donors (Lipinski definition) is 0. The third kappa shape index (κ3) is 15.7. The quantitative estimate of drug-likeness (QED) is 0.141. The maximum Gasteiger partial charge on any atom is 0.252 e. The molecule has 0 saturated carbocycles. The summed E-state index contributed by atoms with van der Waals surface area (Å²) in [6, 6.07) is 86.1. The van der Waals surface area contributed by atoms with E-state index in [1.807, 2.05) is 0 Å². The number of nitrogens with zero attached hydrogens (tertiary/aromatic N) is 8. The Kier molecular flexibility index (Phi) is 20.6. The van der Waals surface area contributed by atoms with E-state index in [4.69, 9.17) is 19.9 Å². The van der Waals surface area contributed by atoms with Crippen LogP contribution in [0.5, 0.6) is 0 Å². The lowest BCUT2D eigenvalue weighted by atomic mass is 9.33. The largest absolute Gasteiger partial charge is 0.310 e. The number of rotatable bonds is 8. The van der Waals surface area contributed by atoms with Crippen LogP contribution in [0.4, 0.5) is 34.1 Å². The number of anilines is 6. The minimum Gasteiger partial charge on any atom is -0.310 e. The second-order valence-corrected chi connectivity index (χ2v) is 48.3. The number of benzene rings is 9. The zero-order chi connectivity index (χ0) is 91.6. The van der Waals surface area contributed by atoms with Crippen molar-refractivity contribution < 1.29 is 0 Å². The summed E-state index contributed by atoms with van der Waals surface area (Å²) >= 11 is 0. The Bertz CT molecular complexity index is 6270. The molecule has 127 heavy (non-hydrogen) atoms. The van der Waals surface area contributed by atoms with Gasteiger partial charge in [0.1, 0.15) is 0 Å². The van der Waals surface area contributed by atoms with Crippen molar-refractivity contribution in [3.8, 4) is 56.4 Å². The Hall–Kier alpha value is -11.2. The Morgan fingerprint density at radius 3 is 0.677 bits per heavy atom. The van der Waals surface area contributed by atoms with Gasteiger partial charge in [0.25, 0.3) is 6.71 Å². The van der Waals surface area contributed by atoms with Crippen molar-refractivity contribution in [3.05, 3.63) is 280 Å². The van der Waals surface area contributed by atoms with Crippen molar-refractivity contribution in [2.45, 2.75) is 288 Å². The highest BCUT2D eigenvalue weighted by Crippen LogP contribution is 2.57. The molecular weight excluding hydrogens is 1540 g/mol. The molecule has 0 atom stereocenters. The van der Waals surface area contributed by atoms with Gasteiger partial charge in [-0.1, -0.05) is 289 Å². The summed E-state index contributed by atoms with van der Waals surface area (Å²) in [7, 11) is 0. The Labute approximate surface area is 759 Å². The maximum absolute atomic E-state index is 5.94. The predicted octanol–water partition coefficient (Wildman–Crippen LogP) is 30.5. The van der Waals surface area contributed by atoms with Gasteiger partial charge in [0.15, 0.2) is 0 Å². The van der Waals surface area contributed by atoms with Gasteiger partial charge in [0, 0.05) is 122 Å². The van der Waals surface area contributed by atoms with Gasteiger partial charge in [0.2, 0.25) is 0 Å². The molecule has 0 aliphatic carbocycles. The summed E-state index contributed by atoms with van der Waals surface area (Å²) in [5.41, 5.74) is 34.5. The summed E-state index contributed by atoms with van der Waals surface area (Å²) in [6.07, 6.45) is 0. The highest BCUT2D eigenvalue weighted by Gasteiger charge is 2.48. The van der Waals surface area contributed by atoms with E-state index in [1.165, 1.54) is 76.9 Å². The molecule has 9 aromatic carbocycles. The average molecular weight is 1680 g/mol. The van der Waals surface area contributed by atoms with Crippen LogP contribution in [0.2, 0.25) is 0 Å². The smallest absolute Gasteiger partial charge is 0.252 e. The molecule has 0 amide bonds. The normalized spacial score (nSPS) is 14.0. The molecule has 17 rings (SSSR count). The molecule has 0 fully saturated rings. The van der Waals surface area contributed by atoms with Crippen molar-refractivity contribution in [2.24, 2.45) is 0 Å². The van der Waals surface area contributed by atoms with E-state index in [9.17, 15) is 0 Å². The molecule has 8 nitrogen and oxygen atoms in total. The van der Waals surface area contributed by atoms with Crippen LogP contribution in [-0.4, -0.2) is 35.8 Å². The molecule has 15 aromatic rings. The van der Waals surface area contributed by atoms with Crippen LogP contribution in [0.25, 0.3) is 100 Å². The topological polar surface area (TPSA) is 67.9 Å². The molecule has 0 unspecified atom stereocenters. The van der Waals surface area contributed by atoms with Crippen molar-refractivity contribution in [3.63, 3.8) is 0 Å². The maximum atomic E-state index is 5.94. The molecule has 0 bridgehead atoms. The molecule has 6 aromatic heterocycles. The van der Waals surface area contributed by atoms with Crippen LogP contribution in [0, 0.1) is 0 Å². The number of fused-ring (bicyclic) bond motifs is 10. The van der Waals surface area contributed by atoms with Gasteiger partial charge in [-0.05, 0) is 251 Å². The van der Waals surface area contributed by atoms with Crippen molar-refractivity contribution in [2.75, 3.05) is 9.80 Å². The van der Waals surface area contributed by atoms with E-state index >= 15 is 0 Å². The molecule has 2 aliphatic heterocycles. The van der Waals surface area contributed by atoms with Crippen LogP contribution in [0.3, 0.4) is 0 Å². The van der Waals surface area contributed by atoms with Gasteiger partial charge in [-0.3, -0.25) is 19.9 Å². The predicted molar refractivity (Wildman–Crippen MR) is 548 cm³/mol. The summed E-state index contributed by atoms with van der Waals surface area (Å²) < 4.78 is 5.14. The monoisotopic (exact) mass is 1680 g/mol. The minimum absolute atomic E-state index is 0.0982. The zero-order valence-corrected chi connectivity index (χ0v) is 82.4. The van der Waals surface area contributed by atoms with Crippen LogP contribution < -0.4 is 26.2 Å². The first kappa shape index (κ1) is 87.9. The molecule has 0 radical (unpaired) electrons. The minimum atomic E-state index is -0.440. The lowest BCUT2D eigenvalue weighted by molar-refractivity contribution is 0.569. The summed E-state index contributed by atoms with van der Waals surface area (Å²) in [4.78, 5) is 29.2. The molecule has 650 valence electrons. The first-order valence-electron chi connectivity index (χ1n) is 46.5. The van der Waals surface area contributed by atoms with Crippen molar-refractivity contribution >= 4 is 101 Å². The number of aromatic nitrogens is 6. The van der Waals surface area contributed by atoms with Gasteiger partial charge in [-0.2, -0.15) is 0 Å². The molecule has 0 N–H and O–H groups in total. The summed E-state index contributed by atoms with van der Waals surface area (Å²) in [5.74, 6) is 0. The van der Waals surface area contributed by atoms with E-state index in [-0.39, 0.29) is 60.9 Å². The van der Waals surface area contributed by atoms with E-state index in [0.717, 1.165) is 135 Å². The van der Waals surface area contributed by atoms with E-state index in [0.29, 0.717) is 0 Å². The summed E-state index contributed by atoms with van der Waals surface area (Å²) in [5, 5.41) is 4.96. The first-order valence-corrected chi connectivity index (χ1v) is 46.5. The van der Waals surface area contributed by atoms with Crippen LogP contribution in [0.1, 0.15) is 290 Å². The van der Waals surface area contributed by atoms with Crippen LogP contribution in [0.15, 0.2) is 218 Å². The molecule has 0 spiro atoms. The van der Waals surface area contributed by atoms with Crippen molar-refractivity contribution in [1.82, 2.24) is 29.1 Å². The van der Waals surface area contributed by atoms with Crippen LogP contribution >= 0.6 is 0 Å². The third-order valence-electron chi connectivity index (χ3n) is 27.0. The fourth-order valence-electron chi connectivity index (χ4n) is 19.0.